The lowest BCUT2D eigenvalue weighted by Crippen LogP contribution is -2.37. The van der Waals surface area contributed by atoms with Crippen LogP contribution in [0.4, 0.5) is 0 Å². The predicted octanol–water partition coefficient (Wildman–Crippen LogP) is 2.78. The maximum Gasteiger partial charge on any atom is 0.230 e. The molecule has 2 rings (SSSR count). The zero-order valence-electron chi connectivity index (χ0n) is 14.5. The van der Waals surface area contributed by atoms with Crippen molar-refractivity contribution in [3.63, 3.8) is 0 Å². The summed E-state index contributed by atoms with van der Waals surface area (Å²) in [6, 6.07) is 8.01. The zero-order chi connectivity index (χ0) is 17.6. The molecule has 1 aromatic carbocycles. The largest absolute Gasteiger partial charge is 0.491 e. The summed E-state index contributed by atoms with van der Waals surface area (Å²) in [6.45, 7) is 8.87. The number of amides is 1. The Hall–Kier alpha value is -2.02. The Labute approximate surface area is 146 Å². The smallest absolute Gasteiger partial charge is 0.230 e. The molecule has 0 spiro atoms. The summed E-state index contributed by atoms with van der Waals surface area (Å²) in [6.07, 6.45) is 1.42. The van der Waals surface area contributed by atoms with E-state index >= 15 is 0 Å². The van der Waals surface area contributed by atoms with E-state index in [9.17, 15) is 4.79 Å². The van der Waals surface area contributed by atoms with Gasteiger partial charge in [-0.1, -0.05) is 44.7 Å². The second-order valence-corrected chi connectivity index (χ2v) is 7.60. The number of H-pyrrole nitrogens is 1. The van der Waals surface area contributed by atoms with E-state index in [0.717, 1.165) is 5.75 Å². The Kier molecular flexibility index (Phi) is 6.25. The zero-order valence-corrected chi connectivity index (χ0v) is 15.3. The van der Waals surface area contributed by atoms with Crippen LogP contribution in [0.15, 0.2) is 35.7 Å². The molecule has 1 atom stereocenters. The van der Waals surface area contributed by atoms with Gasteiger partial charge in [0.1, 0.15) is 18.7 Å². The van der Waals surface area contributed by atoms with Crippen molar-refractivity contribution in [2.75, 3.05) is 12.4 Å². The number of nitrogens with zero attached hydrogens (tertiary/aromatic N) is 2. The number of aromatic nitrogens is 3. The minimum atomic E-state index is -0.0740. The first-order valence-electron chi connectivity index (χ1n) is 7.85. The molecule has 130 valence electrons. The Bertz CT molecular complexity index is 636. The molecule has 1 aromatic heterocycles. The number of hydrogen-bond acceptors (Lipinski definition) is 5. The molecule has 2 aromatic rings. The van der Waals surface area contributed by atoms with E-state index in [4.69, 9.17) is 4.74 Å². The summed E-state index contributed by atoms with van der Waals surface area (Å²) in [5.41, 5.74) is 1.39. The van der Waals surface area contributed by atoms with Crippen molar-refractivity contribution in [2.24, 2.45) is 0 Å². The second-order valence-electron chi connectivity index (χ2n) is 6.63. The lowest BCUT2D eigenvalue weighted by atomic mass is 9.87. The maximum absolute atomic E-state index is 11.9. The molecule has 1 heterocycles. The van der Waals surface area contributed by atoms with Gasteiger partial charge < -0.3 is 10.1 Å². The van der Waals surface area contributed by atoms with Crippen molar-refractivity contribution in [1.82, 2.24) is 20.5 Å². The van der Waals surface area contributed by atoms with Crippen molar-refractivity contribution in [1.29, 1.82) is 0 Å². The number of rotatable bonds is 7. The SMILES string of the molecule is C[C@H](COc1ccc(C(C)(C)C)cc1)NC(=O)CSc1ncn[nH]1. The number of benzene rings is 1. The van der Waals surface area contributed by atoms with Gasteiger partial charge in [0, 0.05) is 0 Å². The van der Waals surface area contributed by atoms with Gasteiger partial charge in [-0.15, -0.1) is 0 Å². The molecule has 0 aliphatic heterocycles. The Morgan fingerprint density at radius 3 is 2.62 bits per heavy atom. The molecular weight excluding hydrogens is 324 g/mol. The average molecular weight is 348 g/mol. The number of carbonyl (C=O) groups is 1. The third-order valence-corrected chi connectivity index (χ3v) is 4.24. The quantitative estimate of drug-likeness (QED) is 0.752. The van der Waals surface area contributed by atoms with Crippen LogP contribution in [0.5, 0.6) is 5.75 Å². The number of nitrogens with one attached hydrogen (secondary N) is 2. The van der Waals surface area contributed by atoms with Crippen LogP contribution in [-0.4, -0.2) is 39.5 Å². The molecule has 6 nitrogen and oxygen atoms in total. The Morgan fingerprint density at radius 2 is 2.04 bits per heavy atom. The van der Waals surface area contributed by atoms with Crippen molar-refractivity contribution >= 4 is 17.7 Å². The van der Waals surface area contributed by atoms with E-state index in [2.05, 4.69) is 53.4 Å². The van der Waals surface area contributed by atoms with Gasteiger partial charge in [0.2, 0.25) is 5.91 Å². The fraction of sp³-hybridized carbons (Fsp3) is 0.471. The van der Waals surface area contributed by atoms with E-state index in [1.807, 2.05) is 19.1 Å². The van der Waals surface area contributed by atoms with Crippen LogP contribution in [0.25, 0.3) is 0 Å². The minimum Gasteiger partial charge on any atom is -0.491 e. The maximum atomic E-state index is 11.9. The highest BCUT2D eigenvalue weighted by Gasteiger charge is 2.13. The third kappa shape index (κ3) is 5.88. The summed E-state index contributed by atoms with van der Waals surface area (Å²) in [5.74, 6) is 1.04. The Balaban J connectivity index is 1.72. The summed E-state index contributed by atoms with van der Waals surface area (Å²) >= 11 is 1.31. The van der Waals surface area contributed by atoms with Crippen LogP contribution in [0.2, 0.25) is 0 Å². The van der Waals surface area contributed by atoms with Crippen LogP contribution < -0.4 is 10.1 Å². The van der Waals surface area contributed by atoms with Gasteiger partial charge in [0.25, 0.3) is 0 Å². The highest BCUT2D eigenvalue weighted by molar-refractivity contribution is 7.99. The van der Waals surface area contributed by atoms with Crippen molar-refractivity contribution in [2.45, 2.75) is 44.3 Å². The number of carbonyl (C=O) groups excluding carboxylic acids is 1. The highest BCUT2D eigenvalue weighted by atomic mass is 32.2. The Morgan fingerprint density at radius 1 is 1.33 bits per heavy atom. The van der Waals surface area contributed by atoms with E-state index in [-0.39, 0.29) is 17.4 Å². The molecule has 24 heavy (non-hydrogen) atoms. The van der Waals surface area contributed by atoms with Crippen molar-refractivity contribution < 1.29 is 9.53 Å². The minimum absolute atomic E-state index is 0.0596. The van der Waals surface area contributed by atoms with E-state index in [1.54, 1.807) is 0 Å². The molecule has 0 saturated carbocycles. The topological polar surface area (TPSA) is 79.9 Å². The fourth-order valence-electron chi connectivity index (χ4n) is 2.03. The van der Waals surface area contributed by atoms with Gasteiger partial charge in [-0.05, 0) is 30.0 Å². The summed E-state index contributed by atoms with van der Waals surface area (Å²) in [5, 5.41) is 9.98. The average Bonchev–Trinajstić information content (AvgIpc) is 3.04. The summed E-state index contributed by atoms with van der Waals surface area (Å²) < 4.78 is 5.74. The van der Waals surface area contributed by atoms with Gasteiger partial charge in [0.05, 0.1) is 11.8 Å². The highest BCUT2D eigenvalue weighted by Crippen LogP contribution is 2.24. The van der Waals surface area contributed by atoms with Gasteiger partial charge in [-0.25, -0.2) is 4.98 Å². The molecule has 0 saturated heterocycles. The van der Waals surface area contributed by atoms with Gasteiger partial charge in [0.15, 0.2) is 5.16 Å². The number of thioether (sulfide) groups is 1. The molecular formula is C17H24N4O2S. The van der Waals surface area contributed by atoms with E-state index in [1.165, 1.54) is 23.7 Å². The van der Waals surface area contributed by atoms with Crippen molar-refractivity contribution in [3.05, 3.63) is 36.2 Å². The number of ether oxygens (including phenoxy) is 1. The van der Waals surface area contributed by atoms with Gasteiger partial charge >= 0.3 is 0 Å². The summed E-state index contributed by atoms with van der Waals surface area (Å²) in [7, 11) is 0. The van der Waals surface area contributed by atoms with Gasteiger partial charge in [-0.2, -0.15) is 5.10 Å². The van der Waals surface area contributed by atoms with Crippen LogP contribution in [0.1, 0.15) is 33.3 Å². The molecule has 7 heteroatoms. The molecule has 0 fully saturated rings. The normalized spacial score (nSPS) is 12.7. The number of hydrogen-bond donors (Lipinski definition) is 2. The van der Waals surface area contributed by atoms with Crippen molar-refractivity contribution in [3.8, 4) is 5.75 Å². The lowest BCUT2D eigenvalue weighted by Gasteiger charge is -2.19. The predicted molar refractivity (Wildman–Crippen MR) is 95.3 cm³/mol. The molecule has 0 bridgehead atoms. The van der Waals surface area contributed by atoms with Crippen LogP contribution in [0.3, 0.4) is 0 Å². The molecule has 0 unspecified atom stereocenters. The van der Waals surface area contributed by atoms with Crippen LogP contribution in [-0.2, 0) is 10.2 Å². The first kappa shape index (κ1) is 18.3. The standard InChI is InChI=1S/C17H24N4O2S/c1-12(20-15(22)10-24-16-18-11-19-21-16)9-23-14-7-5-13(6-8-14)17(2,3)4/h5-8,11-12H,9-10H2,1-4H3,(H,20,22)(H,18,19,21)/t12-/m1/s1. The molecule has 2 N–H and O–H groups in total. The van der Waals surface area contributed by atoms with E-state index < -0.39 is 0 Å². The second kappa shape index (κ2) is 8.19. The lowest BCUT2D eigenvalue weighted by molar-refractivity contribution is -0.119. The molecule has 0 aliphatic rings. The molecule has 0 aliphatic carbocycles. The fourth-order valence-corrected chi connectivity index (χ4v) is 2.62. The molecule has 0 radical (unpaired) electrons. The third-order valence-electron chi connectivity index (χ3n) is 3.36. The van der Waals surface area contributed by atoms with Crippen LogP contribution >= 0.6 is 11.8 Å². The van der Waals surface area contributed by atoms with E-state index in [0.29, 0.717) is 17.5 Å². The first-order chi connectivity index (χ1) is 11.3. The van der Waals surface area contributed by atoms with Crippen LogP contribution in [0, 0.1) is 0 Å². The first-order valence-corrected chi connectivity index (χ1v) is 8.84. The molecule has 1 amide bonds. The summed E-state index contributed by atoms with van der Waals surface area (Å²) in [4.78, 5) is 15.8. The monoisotopic (exact) mass is 348 g/mol. The van der Waals surface area contributed by atoms with Gasteiger partial charge in [-0.3, -0.25) is 9.89 Å². The number of aromatic amines is 1.